The van der Waals surface area contributed by atoms with Gasteiger partial charge in [0.15, 0.2) is 0 Å². The number of allylic oxidation sites excluding steroid dienone is 1. The number of carbonyl (C=O) groups excluding carboxylic acids is 3. The Hall–Kier alpha value is -2.58. The summed E-state index contributed by atoms with van der Waals surface area (Å²) in [6.07, 6.45) is 13.1. The van der Waals surface area contributed by atoms with E-state index in [0.29, 0.717) is 26.1 Å². The summed E-state index contributed by atoms with van der Waals surface area (Å²) in [5.74, 6) is -2.08. The average molecular weight is 539 g/mol. The van der Waals surface area contributed by atoms with E-state index in [-0.39, 0.29) is 29.6 Å². The molecule has 1 unspecified atom stereocenters. The first kappa shape index (κ1) is 27.0. The number of benzene rings is 1. The molecule has 0 bridgehead atoms. The van der Waals surface area contributed by atoms with E-state index in [1.165, 1.54) is 0 Å². The Morgan fingerprint density at radius 2 is 1.95 bits per heavy atom. The predicted molar refractivity (Wildman–Crippen MR) is 147 cm³/mol. The minimum Gasteiger partial charge on any atom is -0.465 e. The lowest BCUT2D eigenvalue weighted by molar-refractivity contribution is -0.153. The molecule has 2 amide bonds. The highest BCUT2D eigenvalue weighted by atomic mass is 32.2. The minimum absolute atomic E-state index is 0.0928. The number of carbonyl (C=O) groups is 3. The van der Waals surface area contributed by atoms with Crippen molar-refractivity contribution >= 4 is 29.5 Å². The van der Waals surface area contributed by atoms with Crippen LogP contribution < -0.4 is 0 Å². The number of hydrogen-bond donors (Lipinski definition) is 1. The standard InChI is InChI=1S/C30H38N2O5S/c1-2-3-9-16-31-17-11-15-30-25(24-23(38-30)14-8-5-10-18-37-29(24)36)27(34)32(26(30)28(31)35)22(20-33)19-21-12-6-4-7-13-21/h4,6-8,11-15,22-26,33H,2-3,5,9-10,16-20H2,1H3/b14-8-/t22-,23-,24+,25+,26?,30+/m1/s1. The first-order valence-corrected chi connectivity index (χ1v) is 14.8. The lowest BCUT2D eigenvalue weighted by Crippen LogP contribution is -2.57. The maximum atomic E-state index is 14.4. The molecule has 2 fully saturated rings. The largest absolute Gasteiger partial charge is 0.465 e. The highest BCUT2D eigenvalue weighted by Crippen LogP contribution is 2.61. The van der Waals surface area contributed by atoms with Gasteiger partial charge in [0.25, 0.3) is 0 Å². The number of likely N-dealkylation sites (tertiary alicyclic amines) is 1. The van der Waals surface area contributed by atoms with Gasteiger partial charge in [-0.05, 0) is 31.2 Å². The lowest BCUT2D eigenvalue weighted by atomic mass is 9.78. The van der Waals surface area contributed by atoms with E-state index in [9.17, 15) is 19.5 Å². The number of ether oxygens (including phenoxy) is 1. The smallest absolute Gasteiger partial charge is 0.311 e. The molecular formula is C30H38N2O5S. The summed E-state index contributed by atoms with van der Waals surface area (Å²) in [5.41, 5.74) is 0.984. The van der Waals surface area contributed by atoms with Gasteiger partial charge >= 0.3 is 5.97 Å². The maximum absolute atomic E-state index is 14.4. The van der Waals surface area contributed by atoms with E-state index in [1.807, 2.05) is 53.5 Å². The number of hydrogen-bond acceptors (Lipinski definition) is 6. The molecular weight excluding hydrogens is 500 g/mol. The molecule has 8 heteroatoms. The number of unbranched alkanes of at least 4 members (excludes halogenated alkanes) is 2. The van der Waals surface area contributed by atoms with E-state index in [1.54, 1.807) is 16.7 Å². The molecule has 1 aromatic carbocycles. The molecule has 204 valence electrons. The molecule has 0 aromatic heterocycles. The topological polar surface area (TPSA) is 87.2 Å². The fourth-order valence-corrected chi connectivity index (χ4v) is 8.51. The van der Waals surface area contributed by atoms with Crippen molar-refractivity contribution in [2.75, 3.05) is 26.3 Å². The molecule has 2 saturated heterocycles. The summed E-state index contributed by atoms with van der Waals surface area (Å²) in [6.45, 7) is 3.29. The number of nitrogens with zero attached hydrogens (tertiary/aromatic N) is 2. The van der Waals surface area contributed by atoms with Crippen molar-refractivity contribution in [3.05, 3.63) is 60.2 Å². The van der Waals surface area contributed by atoms with Gasteiger partial charge in [-0.1, -0.05) is 74.4 Å². The predicted octanol–water partition coefficient (Wildman–Crippen LogP) is 3.37. The van der Waals surface area contributed by atoms with Crippen LogP contribution in [-0.4, -0.2) is 81.1 Å². The number of esters is 1. The summed E-state index contributed by atoms with van der Waals surface area (Å²) in [5, 5.41) is 10.3. The average Bonchev–Trinajstić information content (AvgIpc) is 3.34. The van der Waals surface area contributed by atoms with Crippen LogP contribution in [0.5, 0.6) is 0 Å². The molecule has 6 atom stereocenters. The summed E-state index contributed by atoms with van der Waals surface area (Å²) in [6, 6.07) is 8.37. The van der Waals surface area contributed by atoms with Crippen LogP contribution in [0.1, 0.15) is 44.6 Å². The fourth-order valence-electron chi connectivity index (χ4n) is 6.52. The summed E-state index contributed by atoms with van der Waals surface area (Å²) in [4.78, 5) is 45.6. The van der Waals surface area contributed by atoms with Gasteiger partial charge in [-0.2, -0.15) is 0 Å². The van der Waals surface area contributed by atoms with Gasteiger partial charge in [-0.3, -0.25) is 14.4 Å². The third-order valence-electron chi connectivity index (χ3n) is 8.32. The molecule has 4 aliphatic rings. The zero-order valence-corrected chi connectivity index (χ0v) is 22.9. The second kappa shape index (κ2) is 11.7. The van der Waals surface area contributed by atoms with Gasteiger partial charge in [-0.25, -0.2) is 0 Å². The van der Waals surface area contributed by atoms with Gasteiger partial charge in [0.2, 0.25) is 11.8 Å². The summed E-state index contributed by atoms with van der Waals surface area (Å²) < 4.78 is 4.75. The number of amides is 2. The summed E-state index contributed by atoms with van der Waals surface area (Å²) >= 11 is 1.56. The van der Waals surface area contributed by atoms with Crippen LogP contribution in [0.25, 0.3) is 0 Å². The molecule has 0 saturated carbocycles. The number of aliphatic hydroxyl groups excluding tert-OH is 1. The van der Waals surface area contributed by atoms with Gasteiger partial charge in [0.1, 0.15) is 6.04 Å². The number of cyclic esters (lactones) is 1. The van der Waals surface area contributed by atoms with E-state index < -0.39 is 28.7 Å². The monoisotopic (exact) mass is 538 g/mol. The van der Waals surface area contributed by atoms with Crippen molar-refractivity contribution in [2.45, 2.75) is 67.5 Å². The Kier molecular flexibility index (Phi) is 8.29. The van der Waals surface area contributed by atoms with E-state index in [2.05, 4.69) is 13.0 Å². The molecule has 38 heavy (non-hydrogen) atoms. The number of fused-ring (bicyclic) bond motifs is 2. The van der Waals surface area contributed by atoms with Crippen LogP contribution in [0.4, 0.5) is 0 Å². The zero-order valence-electron chi connectivity index (χ0n) is 22.0. The molecule has 1 aromatic rings. The molecule has 0 radical (unpaired) electrons. The first-order valence-electron chi connectivity index (χ1n) is 14.0. The minimum atomic E-state index is -0.893. The van der Waals surface area contributed by atoms with Crippen molar-refractivity contribution in [2.24, 2.45) is 11.8 Å². The Balaban J connectivity index is 1.58. The van der Waals surface area contributed by atoms with Crippen LogP contribution in [0.15, 0.2) is 54.6 Å². The highest BCUT2D eigenvalue weighted by Gasteiger charge is 2.71. The highest BCUT2D eigenvalue weighted by molar-refractivity contribution is 8.02. The van der Waals surface area contributed by atoms with E-state index >= 15 is 0 Å². The lowest BCUT2D eigenvalue weighted by Gasteiger charge is -2.38. The third-order valence-corrected chi connectivity index (χ3v) is 10.1. The quantitative estimate of drug-likeness (QED) is 0.310. The third kappa shape index (κ3) is 4.81. The van der Waals surface area contributed by atoms with Crippen LogP contribution in [0, 0.1) is 11.8 Å². The van der Waals surface area contributed by atoms with Crippen LogP contribution in [0.3, 0.4) is 0 Å². The molecule has 7 nitrogen and oxygen atoms in total. The van der Waals surface area contributed by atoms with Crippen LogP contribution in [0.2, 0.25) is 0 Å². The second-order valence-corrected chi connectivity index (χ2v) is 12.2. The van der Waals surface area contributed by atoms with Crippen LogP contribution in [-0.2, 0) is 25.5 Å². The zero-order chi connectivity index (χ0) is 26.7. The Bertz CT molecular complexity index is 1090. The van der Waals surface area contributed by atoms with Gasteiger partial charge in [0.05, 0.1) is 35.8 Å². The fraction of sp³-hybridized carbons (Fsp3) is 0.567. The van der Waals surface area contributed by atoms with Crippen molar-refractivity contribution in [3.8, 4) is 0 Å². The molecule has 1 N–H and O–H groups in total. The van der Waals surface area contributed by atoms with Crippen molar-refractivity contribution < 1.29 is 24.2 Å². The molecule has 4 aliphatic heterocycles. The molecule has 1 spiro atoms. The van der Waals surface area contributed by atoms with Crippen molar-refractivity contribution in [1.29, 1.82) is 0 Å². The normalized spacial score (nSPS) is 32.4. The Labute approximate surface area is 229 Å². The SMILES string of the molecule is CCCCCN1CC=C[C@]23S[C@@H]4/C=C\CCCOC(=O)[C@@H]4[C@H]2C(=O)N([C@@H](CO)Cc2ccccc2)C3C1=O. The number of aliphatic hydroxyl groups is 1. The Morgan fingerprint density at radius 3 is 2.71 bits per heavy atom. The van der Waals surface area contributed by atoms with Gasteiger partial charge in [-0.15, -0.1) is 11.8 Å². The van der Waals surface area contributed by atoms with Gasteiger partial charge in [0, 0.05) is 18.3 Å². The maximum Gasteiger partial charge on any atom is 0.311 e. The molecule has 5 rings (SSSR count). The molecule has 0 aliphatic carbocycles. The summed E-state index contributed by atoms with van der Waals surface area (Å²) in [7, 11) is 0. The second-order valence-electron chi connectivity index (χ2n) is 10.7. The number of rotatable bonds is 8. The van der Waals surface area contributed by atoms with Crippen LogP contribution >= 0.6 is 11.8 Å². The number of thioether (sulfide) groups is 1. The first-order chi connectivity index (χ1) is 18.5. The van der Waals surface area contributed by atoms with Crippen molar-refractivity contribution in [1.82, 2.24) is 9.80 Å². The van der Waals surface area contributed by atoms with Crippen molar-refractivity contribution in [3.63, 3.8) is 0 Å². The Morgan fingerprint density at radius 1 is 1.13 bits per heavy atom. The van der Waals surface area contributed by atoms with Gasteiger partial charge < -0.3 is 19.6 Å². The van der Waals surface area contributed by atoms with E-state index in [4.69, 9.17) is 4.74 Å². The molecule has 4 heterocycles. The van der Waals surface area contributed by atoms with E-state index in [0.717, 1.165) is 37.7 Å².